The van der Waals surface area contributed by atoms with Gasteiger partial charge in [0.25, 0.3) is 0 Å². The van der Waals surface area contributed by atoms with E-state index in [2.05, 4.69) is 33.4 Å². The van der Waals surface area contributed by atoms with Gasteiger partial charge in [-0.25, -0.2) is 8.42 Å². The average Bonchev–Trinajstić information content (AvgIpc) is 2.32. The van der Waals surface area contributed by atoms with E-state index >= 15 is 0 Å². The Labute approximate surface area is 128 Å². The fraction of sp³-hybridized carbons (Fsp3) is 0.538. The third-order valence-corrected chi connectivity index (χ3v) is 5.20. The molecule has 6 heteroatoms. The van der Waals surface area contributed by atoms with Crippen LogP contribution in [0, 0.1) is 0 Å². The Bertz CT molecular complexity index is 491. The standard InChI is InChI=1S/C13H20BrNO2S2/c1-3-15-12(7-8-19(2,16)17)10-18-13-6-4-5-11(14)9-13/h4-6,9,12,15H,3,7-8,10H2,1-2H3. The molecule has 0 amide bonds. The van der Waals surface area contributed by atoms with Gasteiger partial charge in [0.2, 0.25) is 0 Å². The van der Waals surface area contributed by atoms with Gasteiger partial charge in [-0.2, -0.15) is 0 Å². The van der Waals surface area contributed by atoms with Crippen LogP contribution < -0.4 is 5.32 Å². The van der Waals surface area contributed by atoms with E-state index in [-0.39, 0.29) is 11.8 Å². The molecular weight excluding hydrogens is 346 g/mol. The summed E-state index contributed by atoms with van der Waals surface area (Å²) >= 11 is 5.19. The van der Waals surface area contributed by atoms with Crippen molar-refractivity contribution in [2.24, 2.45) is 0 Å². The monoisotopic (exact) mass is 365 g/mol. The minimum Gasteiger partial charge on any atom is -0.313 e. The van der Waals surface area contributed by atoms with Crippen LogP contribution in [0.25, 0.3) is 0 Å². The molecule has 0 aromatic heterocycles. The van der Waals surface area contributed by atoms with Crippen molar-refractivity contribution in [3.63, 3.8) is 0 Å². The van der Waals surface area contributed by atoms with E-state index in [1.807, 2.05) is 19.1 Å². The molecule has 0 spiro atoms. The lowest BCUT2D eigenvalue weighted by atomic mass is 10.2. The third kappa shape index (κ3) is 7.97. The van der Waals surface area contributed by atoms with Crippen LogP contribution in [0.3, 0.4) is 0 Å². The number of nitrogens with one attached hydrogen (secondary N) is 1. The Balaban J connectivity index is 2.49. The van der Waals surface area contributed by atoms with Crippen molar-refractivity contribution < 1.29 is 8.42 Å². The summed E-state index contributed by atoms with van der Waals surface area (Å²) in [5, 5.41) is 3.34. The Kier molecular flexibility index (Phi) is 7.42. The Morgan fingerprint density at radius 1 is 1.42 bits per heavy atom. The Hall–Kier alpha value is -0.0400. The molecule has 0 bridgehead atoms. The lowest BCUT2D eigenvalue weighted by molar-refractivity contribution is 0.548. The Morgan fingerprint density at radius 2 is 2.16 bits per heavy atom. The number of benzene rings is 1. The Morgan fingerprint density at radius 3 is 2.74 bits per heavy atom. The first-order chi connectivity index (χ1) is 8.90. The van der Waals surface area contributed by atoms with Crippen LogP contribution in [0.1, 0.15) is 13.3 Å². The van der Waals surface area contributed by atoms with Gasteiger partial charge in [0.15, 0.2) is 0 Å². The normalized spacial score (nSPS) is 13.4. The molecule has 0 saturated heterocycles. The van der Waals surface area contributed by atoms with Crippen molar-refractivity contribution in [1.82, 2.24) is 5.32 Å². The van der Waals surface area contributed by atoms with E-state index < -0.39 is 9.84 Å². The molecule has 0 heterocycles. The van der Waals surface area contributed by atoms with Crippen molar-refractivity contribution in [3.8, 4) is 0 Å². The third-order valence-electron chi connectivity index (χ3n) is 2.58. The largest absolute Gasteiger partial charge is 0.313 e. The van der Waals surface area contributed by atoms with Crippen LogP contribution >= 0.6 is 27.7 Å². The number of sulfone groups is 1. The molecule has 1 rings (SSSR count). The summed E-state index contributed by atoms with van der Waals surface area (Å²) in [5.41, 5.74) is 0. The van der Waals surface area contributed by atoms with E-state index in [0.29, 0.717) is 6.42 Å². The summed E-state index contributed by atoms with van der Waals surface area (Å²) in [5.74, 6) is 1.11. The van der Waals surface area contributed by atoms with E-state index in [0.717, 1.165) is 16.8 Å². The summed E-state index contributed by atoms with van der Waals surface area (Å²) in [4.78, 5) is 1.19. The van der Waals surface area contributed by atoms with Gasteiger partial charge in [0.1, 0.15) is 9.84 Å². The first-order valence-corrected chi connectivity index (χ1v) is 10.0. The summed E-state index contributed by atoms with van der Waals surface area (Å²) in [7, 11) is -2.88. The molecule has 1 N–H and O–H groups in total. The minimum atomic E-state index is -2.88. The summed E-state index contributed by atoms with van der Waals surface area (Å²) in [6, 6.07) is 8.36. The molecule has 0 aliphatic heterocycles. The van der Waals surface area contributed by atoms with Gasteiger partial charge in [-0.1, -0.05) is 28.9 Å². The molecule has 1 aromatic rings. The molecule has 1 atom stereocenters. The van der Waals surface area contributed by atoms with Crippen LogP contribution in [0.5, 0.6) is 0 Å². The van der Waals surface area contributed by atoms with Crippen molar-refractivity contribution in [2.75, 3.05) is 24.3 Å². The number of hydrogen-bond donors (Lipinski definition) is 1. The smallest absolute Gasteiger partial charge is 0.147 e. The van der Waals surface area contributed by atoms with E-state index in [9.17, 15) is 8.42 Å². The molecule has 0 aliphatic rings. The molecule has 1 aromatic carbocycles. The quantitative estimate of drug-likeness (QED) is 0.719. The number of thioether (sulfide) groups is 1. The highest BCUT2D eigenvalue weighted by molar-refractivity contribution is 9.10. The molecule has 1 unspecified atom stereocenters. The second kappa shape index (κ2) is 8.29. The van der Waals surface area contributed by atoms with Crippen molar-refractivity contribution in [3.05, 3.63) is 28.7 Å². The van der Waals surface area contributed by atoms with Gasteiger partial charge in [-0.3, -0.25) is 0 Å². The molecule has 3 nitrogen and oxygen atoms in total. The molecule has 0 aliphatic carbocycles. The molecule has 0 saturated carbocycles. The van der Waals surface area contributed by atoms with Crippen LogP contribution in [0.15, 0.2) is 33.6 Å². The molecular formula is C13H20BrNO2S2. The summed E-state index contributed by atoms with van der Waals surface area (Å²) in [6.07, 6.45) is 1.95. The van der Waals surface area contributed by atoms with Crippen LogP contribution in [-0.2, 0) is 9.84 Å². The van der Waals surface area contributed by atoms with Crippen molar-refractivity contribution in [2.45, 2.75) is 24.3 Å². The topological polar surface area (TPSA) is 46.2 Å². The van der Waals surface area contributed by atoms with Crippen LogP contribution in [0.4, 0.5) is 0 Å². The lowest BCUT2D eigenvalue weighted by Crippen LogP contribution is -2.33. The predicted molar refractivity (Wildman–Crippen MR) is 86.7 cm³/mol. The molecule has 108 valence electrons. The number of hydrogen-bond acceptors (Lipinski definition) is 4. The fourth-order valence-corrected chi connectivity index (χ4v) is 3.97. The fourth-order valence-electron chi connectivity index (χ4n) is 1.64. The maximum absolute atomic E-state index is 11.2. The van der Waals surface area contributed by atoms with Crippen LogP contribution in [-0.4, -0.2) is 38.8 Å². The predicted octanol–water partition coefficient (Wildman–Crippen LogP) is 2.95. The van der Waals surface area contributed by atoms with Gasteiger partial charge >= 0.3 is 0 Å². The number of rotatable bonds is 8. The van der Waals surface area contributed by atoms with Gasteiger partial charge in [-0.05, 0) is 31.2 Å². The van der Waals surface area contributed by atoms with Gasteiger partial charge in [0.05, 0.1) is 5.75 Å². The summed E-state index contributed by atoms with van der Waals surface area (Å²) in [6.45, 7) is 2.89. The second-order valence-corrected chi connectivity index (χ2v) is 8.71. The SMILES string of the molecule is CCNC(CCS(C)(=O)=O)CSc1cccc(Br)c1. The lowest BCUT2D eigenvalue weighted by Gasteiger charge is -2.17. The van der Waals surface area contributed by atoms with Gasteiger partial charge in [-0.15, -0.1) is 11.8 Å². The maximum atomic E-state index is 11.2. The zero-order chi connectivity index (χ0) is 14.3. The molecule has 0 radical (unpaired) electrons. The molecule has 19 heavy (non-hydrogen) atoms. The highest BCUT2D eigenvalue weighted by atomic mass is 79.9. The molecule has 0 fully saturated rings. The zero-order valence-corrected chi connectivity index (χ0v) is 14.4. The van der Waals surface area contributed by atoms with Gasteiger partial charge < -0.3 is 5.32 Å². The van der Waals surface area contributed by atoms with E-state index in [1.165, 1.54) is 11.2 Å². The highest BCUT2D eigenvalue weighted by Crippen LogP contribution is 2.23. The maximum Gasteiger partial charge on any atom is 0.147 e. The van der Waals surface area contributed by atoms with Crippen molar-refractivity contribution >= 4 is 37.5 Å². The summed E-state index contributed by atoms with van der Waals surface area (Å²) < 4.78 is 23.5. The highest BCUT2D eigenvalue weighted by Gasteiger charge is 2.12. The van der Waals surface area contributed by atoms with Crippen LogP contribution in [0.2, 0.25) is 0 Å². The number of halogens is 1. The van der Waals surface area contributed by atoms with Crippen molar-refractivity contribution in [1.29, 1.82) is 0 Å². The minimum absolute atomic E-state index is 0.226. The van der Waals surface area contributed by atoms with E-state index in [4.69, 9.17) is 0 Å². The average molecular weight is 366 g/mol. The first-order valence-electron chi connectivity index (χ1n) is 6.20. The van der Waals surface area contributed by atoms with E-state index in [1.54, 1.807) is 11.8 Å². The second-order valence-electron chi connectivity index (χ2n) is 4.44. The zero-order valence-electron chi connectivity index (χ0n) is 11.2. The first kappa shape index (κ1) is 17.0. The van der Waals surface area contributed by atoms with Gasteiger partial charge in [0, 0.05) is 27.4 Å².